The van der Waals surface area contributed by atoms with Gasteiger partial charge in [0.05, 0.1) is 11.8 Å². The fourth-order valence-electron chi connectivity index (χ4n) is 1.84. The van der Waals surface area contributed by atoms with E-state index in [-0.39, 0.29) is 5.91 Å². The molecule has 3 heteroatoms. The second-order valence-electron chi connectivity index (χ2n) is 4.39. The predicted molar refractivity (Wildman–Crippen MR) is 69.9 cm³/mol. The molecule has 1 aliphatic heterocycles. The van der Waals surface area contributed by atoms with Crippen molar-refractivity contribution in [1.29, 1.82) is 0 Å². The van der Waals surface area contributed by atoms with E-state index in [2.05, 4.69) is 31.9 Å². The van der Waals surface area contributed by atoms with Gasteiger partial charge in [0.2, 0.25) is 0 Å². The van der Waals surface area contributed by atoms with Crippen molar-refractivity contribution >= 4 is 18.2 Å². The van der Waals surface area contributed by atoms with Crippen LogP contribution < -0.4 is 0 Å². The van der Waals surface area contributed by atoms with Crippen molar-refractivity contribution in [2.75, 3.05) is 7.05 Å². The molecule has 0 N–H and O–H groups in total. The number of benzene rings is 1. The molecule has 0 radical (unpaired) electrons. The highest BCUT2D eigenvalue weighted by atomic mass is 16.2. The van der Waals surface area contributed by atoms with Crippen molar-refractivity contribution < 1.29 is 4.79 Å². The Kier molecular flexibility index (Phi) is 2.84. The van der Waals surface area contributed by atoms with Gasteiger partial charge in [-0.2, -0.15) is 5.10 Å². The van der Waals surface area contributed by atoms with E-state index in [1.165, 1.54) is 21.7 Å². The summed E-state index contributed by atoms with van der Waals surface area (Å²) in [7, 11) is 1.66. The third-order valence-electron chi connectivity index (χ3n) is 3.32. The number of carbonyl (C=O) groups is 1. The summed E-state index contributed by atoms with van der Waals surface area (Å²) in [4.78, 5) is 11.7. The molecule has 0 spiro atoms. The van der Waals surface area contributed by atoms with Gasteiger partial charge in [-0.15, -0.1) is 0 Å². The van der Waals surface area contributed by atoms with E-state index in [9.17, 15) is 4.79 Å². The van der Waals surface area contributed by atoms with Crippen LogP contribution in [-0.2, 0) is 4.79 Å². The number of likely N-dealkylation sites (N-methyl/N-ethyl adjacent to an activating group) is 1. The lowest BCUT2D eigenvalue weighted by Gasteiger charge is -2.08. The highest BCUT2D eigenvalue weighted by Crippen LogP contribution is 2.20. The molecule has 0 saturated carbocycles. The maximum atomic E-state index is 11.7. The molecule has 0 aliphatic carbocycles. The van der Waals surface area contributed by atoms with E-state index in [0.717, 1.165) is 5.56 Å². The number of hydrazone groups is 1. The highest BCUT2D eigenvalue weighted by molar-refractivity contribution is 6.18. The molecule has 0 bridgehead atoms. The minimum Gasteiger partial charge on any atom is -0.267 e. The van der Waals surface area contributed by atoms with Crippen molar-refractivity contribution in [3.63, 3.8) is 0 Å². The summed E-state index contributed by atoms with van der Waals surface area (Å²) < 4.78 is 0. The minimum atomic E-state index is -0.0531. The molecule has 88 valence electrons. The molecule has 0 saturated heterocycles. The zero-order valence-electron chi connectivity index (χ0n) is 10.6. The van der Waals surface area contributed by atoms with E-state index < -0.39 is 0 Å². The Bertz CT molecular complexity index is 541. The topological polar surface area (TPSA) is 32.7 Å². The number of nitrogens with zero attached hydrogens (tertiary/aromatic N) is 2. The SMILES string of the molecule is Cc1ccc(/C=C2/C=NN(C)C2=O)c(C)c1C. The summed E-state index contributed by atoms with van der Waals surface area (Å²) in [5, 5.41) is 5.30. The van der Waals surface area contributed by atoms with Gasteiger partial charge >= 0.3 is 0 Å². The first-order valence-corrected chi connectivity index (χ1v) is 5.61. The normalized spacial score (nSPS) is 17.3. The second kappa shape index (κ2) is 4.17. The first kappa shape index (κ1) is 11.6. The number of rotatable bonds is 1. The summed E-state index contributed by atoms with van der Waals surface area (Å²) in [5.74, 6) is -0.0531. The molecule has 1 aromatic rings. The number of carbonyl (C=O) groups excluding carboxylic acids is 1. The molecule has 17 heavy (non-hydrogen) atoms. The predicted octanol–water partition coefficient (Wildman–Crippen LogP) is 2.45. The molecule has 0 aromatic heterocycles. The fourth-order valence-corrected chi connectivity index (χ4v) is 1.84. The third kappa shape index (κ3) is 2.00. The fraction of sp³-hybridized carbons (Fsp3) is 0.286. The van der Waals surface area contributed by atoms with Crippen molar-refractivity contribution in [2.45, 2.75) is 20.8 Å². The number of hydrogen-bond acceptors (Lipinski definition) is 2. The Balaban J connectivity index is 2.44. The zero-order chi connectivity index (χ0) is 12.6. The summed E-state index contributed by atoms with van der Waals surface area (Å²) in [6.45, 7) is 6.27. The van der Waals surface area contributed by atoms with Crippen LogP contribution in [0.5, 0.6) is 0 Å². The first-order chi connectivity index (χ1) is 8.00. The lowest BCUT2D eigenvalue weighted by molar-refractivity contribution is -0.124. The van der Waals surface area contributed by atoms with Crippen LogP contribution in [-0.4, -0.2) is 24.2 Å². The van der Waals surface area contributed by atoms with Crippen molar-refractivity contribution in [2.24, 2.45) is 5.10 Å². The average molecular weight is 228 g/mol. The maximum Gasteiger partial charge on any atom is 0.275 e. The zero-order valence-corrected chi connectivity index (χ0v) is 10.6. The van der Waals surface area contributed by atoms with Gasteiger partial charge in [-0.05, 0) is 49.1 Å². The molecular weight excluding hydrogens is 212 g/mol. The van der Waals surface area contributed by atoms with Crippen LogP contribution in [0.3, 0.4) is 0 Å². The van der Waals surface area contributed by atoms with Crippen molar-refractivity contribution in [3.8, 4) is 0 Å². The summed E-state index contributed by atoms with van der Waals surface area (Å²) in [5.41, 5.74) is 5.48. The third-order valence-corrected chi connectivity index (χ3v) is 3.32. The summed E-state index contributed by atoms with van der Waals surface area (Å²) in [6.07, 6.45) is 3.51. The Labute approximate surface area is 101 Å². The van der Waals surface area contributed by atoms with Gasteiger partial charge in [0.25, 0.3) is 5.91 Å². The Morgan fingerprint density at radius 2 is 1.88 bits per heavy atom. The van der Waals surface area contributed by atoms with E-state index >= 15 is 0 Å². The van der Waals surface area contributed by atoms with Gasteiger partial charge in [0, 0.05) is 7.05 Å². The van der Waals surface area contributed by atoms with Gasteiger partial charge in [0.15, 0.2) is 0 Å². The van der Waals surface area contributed by atoms with E-state index in [0.29, 0.717) is 5.57 Å². The second-order valence-corrected chi connectivity index (χ2v) is 4.39. The van der Waals surface area contributed by atoms with Gasteiger partial charge < -0.3 is 0 Å². The minimum absolute atomic E-state index is 0.0531. The van der Waals surface area contributed by atoms with Crippen LogP contribution in [0.4, 0.5) is 0 Å². The van der Waals surface area contributed by atoms with Gasteiger partial charge in [-0.25, -0.2) is 5.01 Å². The number of hydrogen-bond donors (Lipinski definition) is 0. The van der Waals surface area contributed by atoms with E-state index in [1.54, 1.807) is 13.3 Å². The molecule has 2 rings (SSSR count). The lowest BCUT2D eigenvalue weighted by Crippen LogP contribution is -2.16. The van der Waals surface area contributed by atoms with Crippen LogP contribution >= 0.6 is 0 Å². The van der Waals surface area contributed by atoms with Crippen molar-refractivity contribution in [1.82, 2.24) is 5.01 Å². The molecule has 1 heterocycles. The van der Waals surface area contributed by atoms with Crippen LogP contribution in [0.25, 0.3) is 6.08 Å². The Morgan fingerprint density at radius 1 is 1.18 bits per heavy atom. The van der Waals surface area contributed by atoms with Crippen molar-refractivity contribution in [3.05, 3.63) is 40.0 Å². The van der Waals surface area contributed by atoms with Crippen LogP contribution in [0.2, 0.25) is 0 Å². The van der Waals surface area contributed by atoms with Gasteiger partial charge in [0.1, 0.15) is 0 Å². The largest absolute Gasteiger partial charge is 0.275 e. The quantitative estimate of drug-likeness (QED) is 0.679. The molecular formula is C14H16N2O. The maximum absolute atomic E-state index is 11.7. The van der Waals surface area contributed by atoms with E-state index in [1.807, 2.05) is 12.1 Å². The molecule has 1 aromatic carbocycles. The molecule has 1 amide bonds. The monoisotopic (exact) mass is 228 g/mol. The average Bonchev–Trinajstić information content (AvgIpc) is 2.62. The summed E-state index contributed by atoms with van der Waals surface area (Å²) in [6, 6.07) is 4.12. The highest BCUT2D eigenvalue weighted by Gasteiger charge is 2.18. The molecule has 0 atom stereocenters. The van der Waals surface area contributed by atoms with Crippen LogP contribution in [0, 0.1) is 20.8 Å². The number of amides is 1. The van der Waals surface area contributed by atoms with E-state index in [4.69, 9.17) is 0 Å². The number of aryl methyl sites for hydroxylation is 1. The van der Waals surface area contributed by atoms with Gasteiger partial charge in [-0.3, -0.25) is 4.79 Å². The Morgan fingerprint density at radius 3 is 2.47 bits per heavy atom. The van der Waals surface area contributed by atoms with Gasteiger partial charge in [-0.1, -0.05) is 12.1 Å². The smallest absolute Gasteiger partial charge is 0.267 e. The van der Waals surface area contributed by atoms with Crippen LogP contribution in [0.15, 0.2) is 22.8 Å². The van der Waals surface area contributed by atoms with Crippen LogP contribution in [0.1, 0.15) is 22.3 Å². The molecule has 0 unspecified atom stereocenters. The lowest BCUT2D eigenvalue weighted by atomic mass is 9.97. The Hall–Kier alpha value is -1.90. The summed E-state index contributed by atoms with van der Waals surface area (Å²) >= 11 is 0. The molecule has 3 nitrogen and oxygen atoms in total. The first-order valence-electron chi connectivity index (χ1n) is 5.61. The molecule has 0 fully saturated rings. The molecule has 1 aliphatic rings. The standard InChI is InChI=1S/C14H16N2O/c1-9-5-6-12(11(3)10(9)2)7-13-8-15-16(4)14(13)17/h5-8H,1-4H3/b13-7-.